The molecule has 0 aromatic heterocycles. The molecule has 0 bridgehead atoms. The Labute approximate surface area is 129 Å². The van der Waals surface area contributed by atoms with Gasteiger partial charge in [0.25, 0.3) is 0 Å². The summed E-state index contributed by atoms with van der Waals surface area (Å²) in [6.07, 6.45) is 1.11. The Hall–Kier alpha value is -0.870. The fourth-order valence-electron chi connectivity index (χ4n) is 3.08. The van der Waals surface area contributed by atoms with Crippen LogP contribution in [-0.4, -0.2) is 25.8 Å². The number of piperidine rings is 1. The molecule has 2 atom stereocenters. The Morgan fingerprint density at radius 3 is 1.90 bits per heavy atom. The van der Waals surface area contributed by atoms with Gasteiger partial charge in [-0.3, -0.25) is 0 Å². The predicted octanol–water partition coefficient (Wildman–Crippen LogP) is 3.65. The number of rotatable bonds is 2. The summed E-state index contributed by atoms with van der Waals surface area (Å²) in [5, 5.41) is 0. The third kappa shape index (κ3) is 3.67. The largest absolute Gasteiger partial charge is 0.243 e. The number of hydrogen-bond acceptors (Lipinski definition) is 2. The van der Waals surface area contributed by atoms with Gasteiger partial charge in [0.05, 0.1) is 4.90 Å². The van der Waals surface area contributed by atoms with Gasteiger partial charge >= 0.3 is 0 Å². The van der Waals surface area contributed by atoms with E-state index in [1.54, 1.807) is 16.4 Å². The molecule has 21 heavy (non-hydrogen) atoms. The van der Waals surface area contributed by atoms with Crippen LogP contribution in [0.1, 0.15) is 46.6 Å². The molecule has 2 rings (SSSR count). The average molecular weight is 309 g/mol. The number of benzene rings is 1. The second-order valence-corrected chi connectivity index (χ2v) is 9.48. The molecule has 0 amide bonds. The first kappa shape index (κ1) is 16.5. The van der Waals surface area contributed by atoms with Crippen molar-refractivity contribution in [2.24, 2.45) is 11.8 Å². The maximum Gasteiger partial charge on any atom is 0.243 e. The molecule has 0 aliphatic carbocycles. The van der Waals surface area contributed by atoms with Crippen molar-refractivity contribution in [1.82, 2.24) is 4.31 Å². The lowest BCUT2D eigenvalue weighted by Crippen LogP contribution is -2.42. The van der Waals surface area contributed by atoms with Crippen LogP contribution in [0.25, 0.3) is 0 Å². The summed E-state index contributed by atoms with van der Waals surface area (Å²) in [5.74, 6) is 0.856. The van der Waals surface area contributed by atoms with E-state index >= 15 is 0 Å². The van der Waals surface area contributed by atoms with E-state index < -0.39 is 10.0 Å². The molecule has 1 aromatic rings. The molecule has 1 saturated heterocycles. The molecule has 0 saturated carbocycles. The van der Waals surface area contributed by atoms with E-state index in [2.05, 4.69) is 34.6 Å². The monoisotopic (exact) mass is 309 g/mol. The standard InChI is InChI=1S/C17H27NO2S/c1-13-10-14(2)12-18(11-13)21(19,20)16-8-6-15(7-9-16)17(3,4)5/h6-9,13-14H,10-12H2,1-5H3/t13-,14+. The van der Waals surface area contributed by atoms with Crippen LogP contribution in [0.15, 0.2) is 29.2 Å². The Kier molecular flexibility index (Phi) is 4.50. The Bertz CT molecular complexity index is 574. The van der Waals surface area contributed by atoms with Gasteiger partial charge in [0.1, 0.15) is 0 Å². The quantitative estimate of drug-likeness (QED) is 0.836. The van der Waals surface area contributed by atoms with Crippen molar-refractivity contribution in [2.75, 3.05) is 13.1 Å². The van der Waals surface area contributed by atoms with Gasteiger partial charge in [-0.1, -0.05) is 46.8 Å². The SMILES string of the molecule is C[C@@H]1C[C@H](C)CN(S(=O)(=O)c2ccc(C(C)(C)C)cc2)C1. The summed E-state index contributed by atoms with van der Waals surface area (Å²) in [6, 6.07) is 7.37. The Morgan fingerprint density at radius 1 is 1.00 bits per heavy atom. The van der Waals surface area contributed by atoms with Gasteiger partial charge in [0.15, 0.2) is 0 Å². The highest BCUT2D eigenvalue weighted by molar-refractivity contribution is 7.89. The molecule has 118 valence electrons. The van der Waals surface area contributed by atoms with E-state index in [1.165, 1.54) is 0 Å². The van der Waals surface area contributed by atoms with Crippen molar-refractivity contribution in [3.05, 3.63) is 29.8 Å². The summed E-state index contributed by atoms with van der Waals surface area (Å²) < 4.78 is 27.2. The minimum atomic E-state index is -3.36. The van der Waals surface area contributed by atoms with E-state index in [0.717, 1.165) is 12.0 Å². The first-order valence-corrected chi connectivity index (χ1v) is 9.15. The molecule has 0 radical (unpaired) electrons. The second kappa shape index (κ2) is 5.73. The number of sulfonamides is 1. The highest BCUT2D eigenvalue weighted by Gasteiger charge is 2.31. The van der Waals surface area contributed by atoms with Gasteiger partial charge in [-0.05, 0) is 41.4 Å². The molecule has 0 N–H and O–H groups in total. The van der Waals surface area contributed by atoms with E-state index in [4.69, 9.17) is 0 Å². The summed E-state index contributed by atoms with van der Waals surface area (Å²) in [5.41, 5.74) is 1.19. The molecule has 4 heteroatoms. The van der Waals surface area contributed by atoms with E-state index in [9.17, 15) is 8.42 Å². The lowest BCUT2D eigenvalue weighted by molar-refractivity contribution is 0.222. The summed E-state index contributed by atoms with van der Waals surface area (Å²) in [4.78, 5) is 0.414. The van der Waals surface area contributed by atoms with E-state index in [-0.39, 0.29) is 5.41 Å². The Balaban J connectivity index is 2.27. The maximum atomic E-state index is 12.8. The highest BCUT2D eigenvalue weighted by Crippen LogP contribution is 2.28. The smallest absolute Gasteiger partial charge is 0.207 e. The van der Waals surface area contributed by atoms with Crippen molar-refractivity contribution in [3.63, 3.8) is 0 Å². The second-order valence-electron chi connectivity index (χ2n) is 7.54. The first-order chi connectivity index (χ1) is 9.60. The van der Waals surface area contributed by atoms with Crippen molar-refractivity contribution in [2.45, 2.75) is 51.3 Å². The zero-order valence-electron chi connectivity index (χ0n) is 13.8. The van der Waals surface area contributed by atoms with Crippen LogP contribution in [0, 0.1) is 11.8 Å². The Morgan fingerprint density at radius 2 is 1.48 bits per heavy atom. The van der Waals surface area contributed by atoms with Crippen molar-refractivity contribution < 1.29 is 8.42 Å². The minimum Gasteiger partial charge on any atom is -0.207 e. The van der Waals surface area contributed by atoms with Crippen molar-refractivity contribution in [1.29, 1.82) is 0 Å². The van der Waals surface area contributed by atoms with Crippen LogP contribution in [0.5, 0.6) is 0 Å². The molecule has 0 unspecified atom stereocenters. The molecule has 0 spiro atoms. The van der Waals surface area contributed by atoms with Crippen LogP contribution in [-0.2, 0) is 15.4 Å². The highest BCUT2D eigenvalue weighted by atomic mass is 32.2. The molecule has 3 nitrogen and oxygen atoms in total. The fraction of sp³-hybridized carbons (Fsp3) is 0.647. The molecule has 1 aliphatic heterocycles. The van der Waals surface area contributed by atoms with Crippen LogP contribution in [0.4, 0.5) is 0 Å². The topological polar surface area (TPSA) is 37.4 Å². The molecule has 1 heterocycles. The average Bonchev–Trinajstić information content (AvgIpc) is 2.36. The van der Waals surface area contributed by atoms with Crippen molar-refractivity contribution in [3.8, 4) is 0 Å². The van der Waals surface area contributed by atoms with Gasteiger partial charge in [0.2, 0.25) is 10.0 Å². The van der Waals surface area contributed by atoms with Crippen molar-refractivity contribution >= 4 is 10.0 Å². The van der Waals surface area contributed by atoms with Gasteiger partial charge in [-0.25, -0.2) is 8.42 Å². The zero-order valence-corrected chi connectivity index (χ0v) is 14.6. The van der Waals surface area contributed by atoms with E-state index in [1.807, 2.05) is 12.1 Å². The third-order valence-corrected chi connectivity index (χ3v) is 6.04. The molecule has 1 fully saturated rings. The first-order valence-electron chi connectivity index (χ1n) is 7.71. The number of hydrogen-bond donors (Lipinski definition) is 0. The molecular weight excluding hydrogens is 282 g/mol. The van der Waals surface area contributed by atoms with E-state index in [0.29, 0.717) is 29.8 Å². The summed E-state index contributed by atoms with van der Waals surface area (Å²) in [6.45, 7) is 11.9. The van der Waals surface area contributed by atoms with Gasteiger partial charge < -0.3 is 0 Å². The molecular formula is C17H27NO2S. The molecule has 1 aliphatic rings. The van der Waals surface area contributed by atoms with Crippen LogP contribution in [0.2, 0.25) is 0 Å². The van der Waals surface area contributed by atoms with Crippen LogP contribution >= 0.6 is 0 Å². The zero-order chi connectivity index (χ0) is 15.8. The van der Waals surface area contributed by atoms with Gasteiger partial charge in [-0.15, -0.1) is 0 Å². The normalized spacial score (nSPS) is 25.0. The summed E-state index contributed by atoms with van der Waals surface area (Å²) in [7, 11) is -3.36. The maximum absolute atomic E-state index is 12.8. The predicted molar refractivity (Wildman–Crippen MR) is 86.8 cm³/mol. The summed E-state index contributed by atoms with van der Waals surface area (Å²) >= 11 is 0. The van der Waals surface area contributed by atoms with Crippen LogP contribution in [0.3, 0.4) is 0 Å². The number of nitrogens with zero attached hydrogens (tertiary/aromatic N) is 1. The lowest BCUT2D eigenvalue weighted by Gasteiger charge is -2.34. The van der Waals surface area contributed by atoms with Gasteiger partial charge in [0, 0.05) is 13.1 Å². The van der Waals surface area contributed by atoms with Gasteiger partial charge in [-0.2, -0.15) is 4.31 Å². The lowest BCUT2D eigenvalue weighted by atomic mass is 9.87. The third-order valence-electron chi connectivity index (χ3n) is 4.19. The van der Waals surface area contributed by atoms with Crippen LogP contribution < -0.4 is 0 Å². The minimum absolute atomic E-state index is 0.0381. The molecule has 1 aromatic carbocycles. The fourth-order valence-corrected chi connectivity index (χ4v) is 4.76.